The monoisotopic (exact) mass is 496 g/mol. The first-order chi connectivity index (χ1) is 18.1. The summed E-state index contributed by atoms with van der Waals surface area (Å²) in [5.74, 6) is 0.278. The summed E-state index contributed by atoms with van der Waals surface area (Å²) >= 11 is 0. The lowest BCUT2D eigenvalue weighted by Gasteiger charge is -2.13. The molecule has 1 aromatic heterocycles. The van der Waals surface area contributed by atoms with Gasteiger partial charge < -0.3 is 20.3 Å². The molecule has 1 heterocycles. The number of para-hydroxylation sites is 1. The maximum absolute atomic E-state index is 11.1. The molecule has 0 fully saturated rings. The second kappa shape index (κ2) is 13.2. The van der Waals surface area contributed by atoms with Crippen LogP contribution in [-0.2, 0) is 11.2 Å². The highest BCUT2D eigenvalue weighted by Crippen LogP contribution is 2.29. The number of rotatable bonds is 13. The molecule has 3 N–H and O–H groups in total. The summed E-state index contributed by atoms with van der Waals surface area (Å²) in [6, 6.07) is 30.9. The Morgan fingerprint density at radius 2 is 1.38 bits per heavy atom. The van der Waals surface area contributed by atoms with Gasteiger partial charge in [0, 0.05) is 18.1 Å². The molecule has 6 nitrogen and oxygen atoms in total. The van der Waals surface area contributed by atoms with Gasteiger partial charge in [-0.05, 0) is 48.1 Å². The number of hydrogen-bond acceptors (Lipinski definition) is 5. The molecular formula is C31H32N2O4. The van der Waals surface area contributed by atoms with E-state index in [9.17, 15) is 4.79 Å². The largest absolute Gasteiger partial charge is 0.493 e. The first kappa shape index (κ1) is 25.9. The molecule has 3 aromatic carbocycles. The Kier molecular flexibility index (Phi) is 9.27. The number of carboxylic acid groups (broad SMARTS) is 1. The van der Waals surface area contributed by atoms with Gasteiger partial charge in [0.05, 0.1) is 18.9 Å². The SMILES string of the molecule is NC(Cc1ccccc1OCCCCCOc1cc(-c2ccccc2)cc(-c2ccccc2)n1)C(=O)O. The summed E-state index contributed by atoms with van der Waals surface area (Å²) in [6.07, 6.45) is 2.89. The lowest BCUT2D eigenvalue weighted by Crippen LogP contribution is -2.32. The minimum Gasteiger partial charge on any atom is -0.493 e. The van der Waals surface area contributed by atoms with Crippen molar-refractivity contribution in [3.05, 3.63) is 103 Å². The van der Waals surface area contributed by atoms with E-state index in [4.69, 9.17) is 25.3 Å². The van der Waals surface area contributed by atoms with E-state index in [-0.39, 0.29) is 6.42 Å². The van der Waals surface area contributed by atoms with E-state index in [2.05, 4.69) is 18.2 Å². The first-order valence-corrected chi connectivity index (χ1v) is 12.5. The molecule has 0 amide bonds. The van der Waals surface area contributed by atoms with Crippen molar-refractivity contribution in [2.45, 2.75) is 31.7 Å². The number of aliphatic carboxylic acids is 1. The summed E-state index contributed by atoms with van der Waals surface area (Å²) in [4.78, 5) is 15.8. The highest BCUT2D eigenvalue weighted by atomic mass is 16.5. The van der Waals surface area contributed by atoms with Crippen LogP contribution in [0.2, 0.25) is 0 Å². The minimum atomic E-state index is -1.02. The smallest absolute Gasteiger partial charge is 0.320 e. The molecular weight excluding hydrogens is 464 g/mol. The normalized spacial score (nSPS) is 11.6. The second-order valence-electron chi connectivity index (χ2n) is 8.83. The fraction of sp³-hybridized carbons (Fsp3) is 0.226. The standard InChI is InChI=1S/C31H32N2O4/c32-27(31(34)35)20-25-16-8-9-17-29(25)36-18-10-3-11-19-37-30-22-26(23-12-4-1-5-13-23)21-28(33-30)24-14-6-2-7-15-24/h1-2,4-9,12-17,21-22,27H,3,10-11,18-20,32H2,(H,34,35). The predicted molar refractivity (Wildman–Crippen MR) is 146 cm³/mol. The maximum atomic E-state index is 11.1. The molecule has 0 aliphatic heterocycles. The molecule has 1 atom stereocenters. The molecule has 4 rings (SSSR count). The third-order valence-electron chi connectivity index (χ3n) is 6.00. The van der Waals surface area contributed by atoms with Gasteiger partial charge in [-0.25, -0.2) is 4.98 Å². The number of ether oxygens (including phenoxy) is 2. The van der Waals surface area contributed by atoms with Crippen LogP contribution in [-0.4, -0.2) is 35.3 Å². The van der Waals surface area contributed by atoms with Crippen LogP contribution in [0.4, 0.5) is 0 Å². The van der Waals surface area contributed by atoms with Gasteiger partial charge in [0.2, 0.25) is 5.88 Å². The van der Waals surface area contributed by atoms with Crippen molar-refractivity contribution in [2.75, 3.05) is 13.2 Å². The molecule has 4 aromatic rings. The number of aromatic nitrogens is 1. The topological polar surface area (TPSA) is 94.7 Å². The van der Waals surface area contributed by atoms with Crippen LogP contribution in [0.1, 0.15) is 24.8 Å². The molecule has 1 unspecified atom stereocenters. The molecule has 0 radical (unpaired) electrons. The number of pyridine rings is 1. The summed E-state index contributed by atoms with van der Waals surface area (Å²) in [6.45, 7) is 1.10. The lowest BCUT2D eigenvalue weighted by molar-refractivity contribution is -0.138. The van der Waals surface area contributed by atoms with Crippen LogP contribution < -0.4 is 15.2 Å². The highest BCUT2D eigenvalue weighted by Gasteiger charge is 2.15. The van der Waals surface area contributed by atoms with E-state index in [1.807, 2.05) is 78.9 Å². The van der Waals surface area contributed by atoms with Crippen LogP contribution in [0, 0.1) is 0 Å². The van der Waals surface area contributed by atoms with E-state index < -0.39 is 12.0 Å². The van der Waals surface area contributed by atoms with Crippen molar-refractivity contribution < 1.29 is 19.4 Å². The Labute approximate surface area is 217 Å². The number of carbonyl (C=O) groups is 1. The van der Waals surface area contributed by atoms with Gasteiger partial charge in [-0.1, -0.05) is 78.9 Å². The summed E-state index contributed by atoms with van der Waals surface area (Å²) in [5.41, 5.74) is 10.6. The van der Waals surface area contributed by atoms with Crippen molar-refractivity contribution in [1.82, 2.24) is 4.98 Å². The Morgan fingerprint density at radius 1 is 0.757 bits per heavy atom. The van der Waals surface area contributed by atoms with Crippen LogP contribution in [0.25, 0.3) is 22.4 Å². The zero-order valence-electron chi connectivity index (χ0n) is 20.8. The number of unbranched alkanes of at least 4 members (excludes halogenated alkanes) is 2. The molecule has 37 heavy (non-hydrogen) atoms. The zero-order valence-corrected chi connectivity index (χ0v) is 20.8. The summed E-state index contributed by atoms with van der Waals surface area (Å²) < 4.78 is 12.0. The molecule has 0 saturated heterocycles. The second-order valence-corrected chi connectivity index (χ2v) is 8.83. The van der Waals surface area contributed by atoms with Crippen molar-refractivity contribution in [3.63, 3.8) is 0 Å². The van der Waals surface area contributed by atoms with Gasteiger partial charge in [-0.2, -0.15) is 0 Å². The van der Waals surface area contributed by atoms with Crippen LogP contribution >= 0.6 is 0 Å². The quantitative estimate of drug-likeness (QED) is 0.221. The molecule has 6 heteroatoms. The van der Waals surface area contributed by atoms with E-state index in [0.717, 1.165) is 47.2 Å². The average Bonchev–Trinajstić information content (AvgIpc) is 2.94. The number of nitrogens with two attached hydrogens (primary N) is 1. The summed E-state index contributed by atoms with van der Waals surface area (Å²) in [5, 5.41) is 9.08. The zero-order chi connectivity index (χ0) is 25.9. The van der Waals surface area contributed by atoms with E-state index >= 15 is 0 Å². The van der Waals surface area contributed by atoms with E-state index in [1.165, 1.54) is 0 Å². The van der Waals surface area contributed by atoms with Crippen molar-refractivity contribution in [3.8, 4) is 34.0 Å². The molecule has 0 aliphatic carbocycles. The lowest BCUT2D eigenvalue weighted by atomic mass is 10.0. The van der Waals surface area contributed by atoms with E-state index in [0.29, 0.717) is 24.8 Å². The number of hydrogen-bond donors (Lipinski definition) is 2. The number of nitrogens with zero attached hydrogens (tertiary/aromatic N) is 1. The third kappa shape index (κ3) is 7.66. The fourth-order valence-corrected chi connectivity index (χ4v) is 4.01. The molecule has 0 aliphatic rings. The van der Waals surface area contributed by atoms with Crippen molar-refractivity contribution in [1.29, 1.82) is 0 Å². The minimum absolute atomic E-state index is 0.235. The summed E-state index contributed by atoms with van der Waals surface area (Å²) in [7, 11) is 0. The third-order valence-corrected chi connectivity index (χ3v) is 6.00. The molecule has 190 valence electrons. The molecule has 0 saturated carbocycles. The number of carboxylic acids is 1. The van der Waals surface area contributed by atoms with Crippen LogP contribution in [0.3, 0.4) is 0 Å². The Balaban J connectivity index is 1.29. The molecule has 0 bridgehead atoms. The van der Waals surface area contributed by atoms with Gasteiger partial charge >= 0.3 is 5.97 Å². The Morgan fingerprint density at radius 3 is 2.08 bits per heavy atom. The Hall–Kier alpha value is -4.16. The van der Waals surface area contributed by atoms with Gasteiger partial charge in [-0.3, -0.25) is 4.79 Å². The van der Waals surface area contributed by atoms with Crippen molar-refractivity contribution >= 4 is 5.97 Å². The molecule has 0 spiro atoms. The maximum Gasteiger partial charge on any atom is 0.320 e. The van der Waals surface area contributed by atoms with Crippen molar-refractivity contribution in [2.24, 2.45) is 5.73 Å². The van der Waals surface area contributed by atoms with Gasteiger partial charge in [0.1, 0.15) is 11.8 Å². The predicted octanol–water partition coefficient (Wildman–Crippen LogP) is 6.00. The number of benzene rings is 3. The van der Waals surface area contributed by atoms with Gasteiger partial charge in [0.25, 0.3) is 0 Å². The fourth-order valence-electron chi connectivity index (χ4n) is 4.01. The van der Waals surface area contributed by atoms with Gasteiger partial charge in [0.15, 0.2) is 0 Å². The first-order valence-electron chi connectivity index (χ1n) is 12.5. The van der Waals surface area contributed by atoms with E-state index in [1.54, 1.807) is 0 Å². The van der Waals surface area contributed by atoms with Gasteiger partial charge in [-0.15, -0.1) is 0 Å². The average molecular weight is 497 g/mol. The highest BCUT2D eigenvalue weighted by molar-refractivity contribution is 5.74. The van der Waals surface area contributed by atoms with Crippen LogP contribution in [0.15, 0.2) is 97.1 Å². The van der Waals surface area contributed by atoms with Crippen LogP contribution in [0.5, 0.6) is 11.6 Å². The Bertz CT molecular complexity index is 1220.